The minimum Gasteiger partial charge on any atom is -0.355 e. The number of benzene rings is 1. The van der Waals surface area contributed by atoms with Crippen molar-refractivity contribution in [1.29, 1.82) is 0 Å². The minimum absolute atomic E-state index is 0.0351. The van der Waals surface area contributed by atoms with Gasteiger partial charge < -0.3 is 5.32 Å². The highest BCUT2D eigenvalue weighted by Crippen LogP contribution is 2.30. The van der Waals surface area contributed by atoms with E-state index < -0.39 is 0 Å². The van der Waals surface area contributed by atoms with Crippen molar-refractivity contribution in [3.8, 4) is 0 Å². The van der Waals surface area contributed by atoms with Gasteiger partial charge in [0.2, 0.25) is 5.91 Å². The maximum atomic E-state index is 12.9. The monoisotopic (exact) mass is 330 g/mol. The molecule has 0 spiro atoms. The molecule has 3 rings (SSSR count). The Morgan fingerprint density at radius 2 is 2.17 bits per heavy atom. The van der Waals surface area contributed by atoms with Crippen LogP contribution in [0.4, 0.5) is 4.39 Å². The number of aryl methyl sites for hydroxylation is 1. The number of nitrogens with zero attached hydrogens (tertiary/aromatic N) is 3. The first-order chi connectivity index (χ1) is 11.6. The first-order valence-electron chi connectivity index (χ1n) is 8.35. The Balaban J connectivity index is 1.46. The summed E-state index contributed by atoms with van der Waals surface area (Å²) in [6, 6.07) is 6.67. The van der Waals surface area contributed by atoms with Crippen LogP contribution >= 0.6 is 0 Å². The number of likely N-dealkylation sites (tertiary alicyclic amines) is 1. The van der Waals surface area contributed by atoms with Gasteiger partial charge in [0.25, 0.3) is 0 Å². The Labute approximate surface area is 141 Å². The molecule has 2 aromatic rings. The van der Waals surface area contributed by atoms with Gasteiger partial charge in [-0.05, 0) is 43.5 Å². The summed E-state index contributed by atoms with van der Waals surface area (Å²) in [7, 11) is 1.91. The molecule has 0 radical (unpaired) electrons. The normalized spacial score (nSPS) is 18.0. The van der Waals surface area contributed by atoms with E-state index in [-0.39, 0.29) is 17.8 Å². The van der Waals surface area contributed by atoms with Gasteiger partial charge in [-0.15, -0.1) is 0 Å². The van der Waals surface area contributed by atoms with Crippen LogP contribution in [0, 0.1) is 5.82 Å². The second-order valence-corrected chi connectivity index (χ2v) is 6.30. The maximum absolute atomic E-state index is 12.9. The lowest BCUT2D eigenvalue weighted by molar-refractivity contribution is -0.122. The second-order valence-electron chi connectivity index (χ2n) is 6.30. The molecule has 1 aliphatic rings. The highest BCUT2D eigenvalue weighted by atomic mass is 19.1. The Bertz CT molecular complexity index is 683. The van der Waals surface area contributed by atoms with Crippen molar-refractivity contribution < 1.29 is 9.18 Å². The van der Waals surface area contributed by atoms with Crippen LogP contribution < -0.4 is 5.32 Å². The Hall–Kier alpha value is -2.21. The van der Waals surface area contributed by atoms with Crippen molar-refractivity contribution >= 4 is 5.91 Å². The largest absolute Gasteiger partial charge is 0.355 e. The highest BCUT2D eigenvalue weighted by molar-refractivity contribution is 5.78. The SMILES string of the molecule is Cn1cc(C2CCCN2CC(=O)NCCc2ccc(F)cc2)cn1. The predicted molar refractivity (Wildman–Crippen MR) is 89.9 cm³/mol. The number of hydrogen-bond acceptors (Lipinski definition) is 3. The molecule has 1 saturated heterocycles. The maximum Gasteiger partial charge on any atom is 0.234 e. The van der Waals surface area contributed by atoms with E-state index in [1.165, 1.54) is 17.7 Å². The van der Waals surface area contributed by atoms with Crippen LogP contribution in [0.25, 0.3) is 0 Å². The molecule has 0 bridgehead atoms. The van der Waals surface area contributed by atoms with E-state index in [0.717, 1.165) is 24.9 Å². The standard InChI is InChI=1S/C18H23FN4O/c1-22-12-15(11-21-22)17-3-2-10-23(17)13-18(24)20-9-8-14-4-6-16(19)7-5-14/h4-7,11-12,17H,2-3,8-10,13H2,1H3,(H,20,24). The first-order valence-corrected chi connectivity index (χ1v) is 8.35. The lowest BCUT2D eigenvalue weighted by Gasteiger charge is -2.22. The van der Waals surface area contributed by atoms with Gasteiger partial charge in [-0.3, -0.25) is 14.4 Å². The van der Waals surface area contributed by atoms with Crippen LogP contribution in [-0.2, 0) is 18.3 Å². The van der Waals surface area contributed by atoms with Gasteiger partial charge in [-0.25, -0.2) is 4.39 Å². The summed E-state index contributed by atoms with van der Waals surface area (Å²) in [4.78, 5) is 14.4. The summed E-state index contributed by atoms with van der Waals surface area (Å²) in [6.45, 7) is 1.91. The minimum atomic E-state index is -0.238. The smallest absolute Gasteiger partial charge is 0.234 e. The van der Waals surface area contributed by atoms with Crippen LogP contribution in [0.3, 0.4) is 0 Å². The number of rotatable bonds is 6. The van der Waals surface area contributed by atoms with Crippen molar-refractivity contribution in [2.24, 2.45) is 7.05 Å². The summed E-state index contributed by atoms with van der Waals surface area (Å²) >= 11 is 0. The quantitative estimate of drug-likeness (QED) is 0.882. The topological polar surface area (TPSA) is 50.2 Å². The lowest BCUT2D eigenvalue weighted by Crippen LogP contribution is -2.37. The van der Waals surface area contributed by atoms with Crippen LogP contribution in [-0.4, -0.2) is 40.2 Å². The molecule has 1 atom stereocenters. The molecular formula is C18H23FN4O. The lowest BCUT2D eigenvalue weighted by atomic mass is 10.1. The van der Waals surface area contributed by atoms with Gasteiger partial charge in [-0.2, -0.15) is 5.10 Å². The summed E-state index contributed by atoms with van der Waals surface area (Å²) < 4.78 is 14.7. The van der Waals surface area contributed by atoms with E-state index in [1.807, 2.05) is 19.4 Å². The van der Waals surface area contributed by atoms with Crippen molar-refractivity contribution in [2.75, 3.05) is 19.6 Å². The van der Waals surface area contributed by atoms with Gasteiger partial charge in [-0.1, -0.05) is 12.1 Å². The van der Waals surface area contributed by atoms with Gasteiger partial charge in [0.1, 0.15) is 5.82 Å². The molecule has 1 fully saturated rings. The number of hydrogen-bond donors (Lipinski definition) is 1. The first kappa shape index (κ1) is 16.6. The number of aromatic nitrogens is 2. The molecule has 1 aromatic heterocycles. The van der Waals surface area contributed by atoms with Crippen LogP contribution in [0.1, 0.15) is 30.0 Å². The fraction of sp³-hybridized carbons (Fsp3) is 0.444. The summed E-state index contributed by atoms with van der Waals surface area (Å²) in [5.74, 6) is -0.203. The van der Waals surface area contributed by atoms with E-state index in [4.69, 9.17) is 0 Å². The molecule has 128 valence electrons. The molecular weight excluding hydrogens is 307 g/mol. The fourth-order valence-electron chi connectivity index (χ4n) is 3.24. The Kier molecular flexibility index (Phi) is 5.25. The summed E-state index contributed by atoms with van der Waals surface area (Å²) in [5.41, 5.74) is 2.19. The van der Waals surface area contributed by atoms with Gasteiger partial charge >= 0.3 is 0 Å². The van der Waals surface area contributed by atoms with Gasteiger partial charge in [0, 0.05) is 31.4 Å². The van der Waals surface area contributed by atoms with Crippen molar-refractivity contribution in [3.05, 3.63) is 53.6 Å². The molecule has 2 heterocycles. The molecule has 5 nitrogen and oxygen atoms in total. The van der Waals surface area contributed by atoms with Crippen LogP contribution in [0.15, 0.2) is 36.7 Å². The van der Waals surface area contributed by atoms with E-state index in [1.54, 1.807) is 16.8 Å². The van der Waals surface area contributed by atoms with Gasteiger partial charge in [0.05, 0.1) is 12.7 Å². The average Bonchev–Trinajstić information content (AvgIpc) is 3.18. The zero-order valence-electron chi connectivity index (χ0n) is 13.9. The molecule has 0 aliphatic carbocycles. The third kappa shape index (κ3) is 4.20. The van der Waals surface area contributed by atoms with E-state index in [2.05, 4.69) is 15.3 Å². The zero-order chi connectivity index (χ0) is 16.9. The third-order valence-electron chi connectivity index (χ3n) is 4.47. The van der Waals surface area contributed by atoms with E-state index >= 15 is 0 Å². The molecule has 1 aliphatic heterocycles. The Morgan fingerprint density at radius 1 is 1.38 bits per heavy atom. The third-order valence-corrected chi connectivity index (χ3v) is 4.47. The number of halogens is 1. The fourth-order valence-corrected chi connectivity index (χ4v) is 3.24. The summed E-state index contributed by atoms with van der Waals surface area (Å²) in [6.07, 6.45) is 6.78. The highest BCUT2D eigenvalue weighted by Gasteiger charge is 2.28. The van der Waals surface area contributed by atoms with Crippen molar-refractivity contribution in [1.82, 2.24) is 20.0 Å². The molecule has 1 N–H and O–H groups in total. The van der Waals surface area contributed by atoms with Crippen molar-refractivity contribution in [2.45, 2.75) is 25.3 Å². The van der Waals surface area contributed by atoms with Gasteiger partial charge in [0.15, 0.2) is 0 Å². The molecule has 1 amide bonds. The average molecular weight is 330 g/mol. The van der Waals surface area contributed by atoms with Crippen molar-refractivity contribution in [3.63, 3.8) is 0 Å². The predicted octanol–water partition coefficient (Wildman–Crippen LogP) is 2.05. The molecule has 1 aromatic carbocycles. The second kappa shape index (κ2) is 7.57. The molecule has 6 heteroatoms. The molecule has 1 unspecified atom stereocenters. The number of nitrogens with one attached hydrogen (secondary N) is 1. The van der Waals surface area contributed by atoms with E-state index in [0.29, 0.717) is 19.5 Å². The zero-order valence-corrected chi connectivity index (χ0v) is 13.9. The Morgan fingerprint density at radius 3 is 2.88 bits per heavy atom. The van der Waals surface area contributed by atoms with Crippen LogP contribution in [0.5, 0.6) is 0 Å². The number of carbonyl (C=O) groups excluding carboxylic acids is 1. The summed E-state index contributed by atoms with van der Waals surface area (Å²) in [5, 5.41) is 7.18. The number of carbonyl (C=O) groups is 1. The number of amides is 1. The van der Waals surface area contributed by atoms with Crippen LogP contribution in [0.2, 0.25) is 0 Å². The molecule has 0 saturated carbocycles. The molecule has 24 heavy (non-hydrogen) atoms. The van der Waals surface area contributed by atoms with E-state index in [9.17, 15) is 9.18 Å².